The highest BCUT2D eigenvalue weighted by atomic mass is 32.2. The van der Waals surface area contributed by atoms with Gasteiger partial charge in [0.1, 0.15) is 0 Å². The fraction of sp³-hybridized carbons (Fsp3) is 1.00. The predicted octanol–water partition coefficient (Wildman–Crippen LogP) is 1.41. The number of rotatable bonds is 3. The van der Waals surface area contributed by atoms with E-state index >= 15 is 0 Å². The average Bonchev–Trinajstić information content (AvgIpc) is 1.68. The van der Waals surface area contributed by atoms with Gasteiger partial charge in [-0.15, -0.1) is 0 Å². The van der Waals surface area contributed by atoms with Crippen molar-refractivity contribution < 1.29 is 0 Å². The lowest BCUT2D eigenvalue weighted by atomic mass is 10.5. The number of thioether (sulfide) groups is 1. The van der Waals surface area contributed by atoms with Crippen LogP contribution in [-0.4, -0.2) is 17.5 Å². The Balaban J connectivity index is 2.83. The van der Waals surface area contributed by atoms with Crippen LogP contribution in [-0.2, 0) is 0 Å². The topological polar surface area (TPSA) is 23.8 Å². The van der Waals surface area contributed by atoms with Crippen LogP contribution < -0.4 is 5.73 Å². The van der Waals surface area contributed by atoms with E-state index < -0.39 is 0 Å². The largest absolute Gasteiger partial charge is 0.257 e. The van der Waals surface area contributed by atoms with Gasteiger partial charge in [0, 0.05) is 11.8 Å². The van der Waals surface area contributed by atoms with Gasteiger partial charge in [-0.2, -0.15) is 11.8 Å². The normalized spacial score (nSPS) is 14.1. The van der Waals surface area contributed by atoms with E-state index in [1.165, 1.54) is 0 Å². The second-order valence-electron chi connectivity index (χ2n) is 1.47. The second kappa shape index (κ2) is 4.47. The Morgan fingerprint density at radius 1 is 1.71 bits per heavy atom. The van der Waals surface area contributed by atoms with Crippen LogP contribution in [0.3, 0.4) is 0 Å². The number of hydrogen-bond acceptors (Lipinski definition) is 1. The van der Waals surface area contributed by atoms with E-state index in [1.807, 2.05) is 11.8 Å². The SMILES string of the molecule is CCSC(C)C[NH]. The number of hydrogen-bond donors (Lipinski definition) is 0. The molecule has 1 radical (unpaired) electrons. The molecular weight excluding hydrogens is 106 g/mol. The molecule has 0 saturated carbocycles. The Hall–Kier alpha value is 0.310. The molecule has 1 atom stereocenters. The number of nitrogens with one attached hydrogen (secondary N) is 1. The van der Waals surface area contributed by atoms with E-state index in [4.69, 9.17) is 5.73 Å². The summed E-state index contributed by atoms with van der Waals surface area (Å²) in [5.74, 6) is 1.14. The lowest BCUT2D eigenvalue weighted by Gasteiger charge is -2.01. The third-order valence-electron chi connectivity index (χ3n) is 0.739. The van der Waals surface area contributed by atoms with Gasteiger partial charge in [-0.3, -0.25) is 5.73 Å². The molecule has 0 aliphatic carbocycles. The van der Waals surface area contributed by atoms with Crippen molar-refractivity contribution in [2.45, 2.75) is 19.1 Å². The second-order valence-corrected chi connectivity index (χ2v) is 3.19. The van der Waals surface area contributed by atoms with Crippen LogP contribution in [0.1, 0.15) is 13.8 Å². The summed E-state index contributed by atoms with van der Waals surface area (Å²) in [6.45, 7) is 4.76. The van der Waals surface area contributed by atoms with Gasteiger partial charge in [0.2, 0.25) is 0 Å². The molecule has 0 saturated heterocycles. The first-order chi connectivity index (χ1) is 3.31. The van der Waals surface area contributed by atoms with Crippen molar-refractivity contribution in [2.75, 3.05) is 12.3 Å². The summed E-state index contributed by atoms with van der Waals surface area (Å²) in [7, 11) is 0. The standard InChI is InChI=1S/C5H12NS/c1-3-7-5(2)4-6/h5-6H,3-4H2,1-2H3. The summed E-state index contributed by atoms with van der Waals surface area (Å²) >= 11 is 1.84. The van der Waals surface area contributed by atoms with Gasteiger partial charge in [0.05, 0.1) is 0 Å². The van der Waals surface area contributed by atoms with Crippen molar-refractivity contribution in [3.63, 3.8) is 0 Å². The van der Waals surface area contributed by atoms with E-state index in [1.54, 1.807) is 0 Å². The summed E-state index contributed by atoms with van der Waals surface area (Å²) in [5.41, 5.74) is 6.89. The molecule has 7 heavy (non-hydrogen) atoms. The minimum Gasteiger partial charge on any atom is -0.257 e. The quantitative estimate of drug-likeness (QED) is 0.549. The van der Waals surface area contributed by atoms with Crippen molar-refractivity contribution >= 4 is 11.8 Å². The fourth-order valence-electron chi connectivity index (χ4n) is 0.343. The van der Waals surface area contributed by atoms with Crippen LogP contribution in [0.25, 0.3) is 0 Å². The predicted molar refractivity (Wildman–Crippen MR) is 35.6 cm³/mol. The Morgan fingerprint density at radius 2 is 2.29 bits per heavy atom. The van der Waals surface area contributed by atoms with E-state index in [0.29, 0.717) is 11.8 Å². The van der Waals surface area contributed by atoms with Crippen LogP contribution in [0.5, 0.6) is 0 Å². The maximum atomic E-state index is 6.89. The molecule has 1 unspecified atom stereocenters. The first-order valence-corrected chi connectivity index (χ1v) is 3.62. The van der Waals surface area contributed by atoms with Crippen LogP contribution in [0.2, 0.25) is 0 Å². The minimum absolute atomic E-state index is 0.532. The van der Waals surface area contributed by atoms with Crippen molar-refractivity contribution in [3.05, 3.63) is 0 Å². The molecule has 0 spiro atoms. The zero-order valence-corrected chi connectivity index (χ0v) is 5.72. The van der Waals surface area contributed by atoms with Gasteiger partial charge < -0.3 is 0 Å². The molecule has 0 amide bonds. The van der Waals surface area contributed by atoms with E-state index in [-0.39, 0.29) is 0 Å². The maximum absolute atomic E-state index is 6.89. The first-order valence-electron chi connectivity index (χ1n) is 2.57. The summed E-state index contributed by atoms with van der Waals surface area (Å²) in [6, 6.07) is 0. The third kappa shape index (κ3) is 4.16. The van der Waals surface area contributed by atoms with Gasteiger partial charge in [-0.25, -0.2) is 0 Å². The Morgan fingerprint density at radius 3 is 2.43 bits per heavy atom. The summed E-state index contributed by atoms with van der Waals surface area (Å²) in [5, 5.41) is 0.532. The molecule has 0 aliphatic rings. The van der Waals surface area contributed by atoms with Crippen molar-refractivity contribution in [3.8, 4) is 0 Å². The lowest BCUT2D eigenvalue weighted by Crippen LogP contribution is -2.03. The molecule has 43 valence electrons. The summed E-state index contributed by atoms with van der Waals surface area (Å²) < 4.78 is 0. The molecule has 1 nitrogen and oxygen atoms in total. The van der Waals surface area contributed by atoms with Gasteiger partial charge in [-0.05, 0) is 5.75 Å². The van der Waals surface area contributed by atoms with Crippen LogP contribution >= 0.6 is 11.8 Å². The Labute approximate surface area is 49.7 Å². The monoisotopic (exact) mass is 118 g/mol. The van der Waals surface area contributed by atoms with Crippen molar-refractivity contribution in [1.29, 1.82) is 0 Å². The molecule has 1 N–H and O–H groups in total. The molecular formula is C5H12NS. The molecule has 0 fully saturated rings. The molecule has 0 aromatic heterocycles. The molecule has 0 heterocycles. The highest BCUT2D eigenvalue weighted by molar-refractivity contribution is 7.99. The lowest BCUT2D eigenvalue weighted by molar-refractivity contribution is 0.926. The summed E-state index contributed by atoms with van der Waals surface area (Å²) in [4.78, 5) is 0. The van der Waals surface area contributed by atoms with E-state index in [0.717, 1.165) is 5.75 Å². The van der Waals surface area contributed by atoms with Crippen LogP contribution in [0.15, 0.2) is 0 Å². The highest BCUT2D eigenvalue weighted by Crippen LogP contribution is 2.06. The van der Waals surface area contributed by atoms with Crippen molar-refractivity contribution in [2.24, 2.45) is 0 Å². The molecule has 0 rings (SSSR count). The fourth-order valence-corrected chi connectivity index (χ4v) is 1.03. The highest BCUT2D eigenvalue weighted by Gasteiger charge is 1.93. The Kier molecular flexibility index (Phi) is 4.67. The molecule has 2 heteroatoms. The van der Waals surface area contributed by atoms with Gasteiger partial charge in [-0.1, -0.05) is 13.8 Å². The molecule has 0 aliphatic heterocycles. The third-order valence-corrected chi connectivity index (χ3v) is 1.81. The summed E-state index contributed by atoms with van der Waals surface area (Å²) in [6.07, 6.45) is 0. The van der Waals surface area contributed by atoms with E-state index in [9.17, 15) is 0 Å². The van der Waals surface area contributed by atoms with Crippen molar-refractivity contribution in [1.82, 2.24) is 5.73 Å². The van der Waals surface area contributed by atoms with Gasteiger partial charge in [0.25, 0.3) is 0 Å². The zero-order chi connectivity index (χ0) is 5.70. The van der Waals surface area contributed by atoms with Gasteiger partial charge >= 0.3 is 0 Å². The smallest absolute Gasteiger partial charge is 0.0216 e. The van der Waals surface area contributed by atoms with Crippen LogP contribution in [0.4, 0.5) is 0 Å². The van der Waals surface area contributed by atoms with Gasteiger partial charge in [0.15, 0.2) is 0 Å². The maximum Gasteiger partial charge on any atom is 0.0216 e. The van der Waals surface area contributed by atoms with E-state index in [2.05, 4.69) is 13.8 Å². The zero-order valence-electron chi connectivity index (χ0n) is 4.90. The molecule has 0 aromatic rings. The minimum atomic E-state index is 0.532. The molecule has 0 aromatic carbocycles. The van der Waals surface area contributed by atoms with Crippen LogP contribution in [0, 0.1) is 0 Å². The Bertz CT molecular complexity index is 39.1. The average molecular weight is 118 g/mol. The first kappa shape index (κ1) is 7.31. The molecule has 0 bridgehead atoms.